The lowest BCUT2D eigenvalue weighted by atomic mass is 10.1. The molecule has 3 N–H and O–H groups in total. The van der Waals surface area contributed by atoms with Crippen LogP contribution in [0.2, 0.25) is 0 Å². The average Bonchev–Trinajstić information content (AvgIpc) is 2.54. The van der Waals surface area contributed by atoms with Gasteiger partial charge in [0.1, 0.15) is 0 Å². The van der Waals surface area contributed by atoms with Gasteiger partial charge in [-0.1, -0.05) is 12.1 Å². The van der Waals surface area contributed by atoms with Crippen molar-refractivity contribution in [2.24, 2.45) is 0 Å². The van der Waals surface area contributed by atoms with Crippen molar-refractivity contribution in [3.63, 3.8) is 0 Å². The molecule has 2 rings (SSSR count). The summed E-state index contributed by atoms with van der Waals surface area (Å²) in [5.41, 5.74) is 6.84. The molecule has 1 amide bonds. The van der Waals surface area contributed by atoms with Crippen LogP contribution in [0.4, 0.5) is 17.1 Å². The molecule has 0 heterocycles. The maximum atomic E-state index is 12.1. The number of hydrogen-bond acceptors (Lipinski definition) is 6. The highest BCUT2D eigenvalue weighted by atomic mass is 16.6. The number of anilines is 2. The van der Waals surface area contributed by atoms with Crippen LogP contribution in [0.1, 0.15) is 22.8 Å². The maximum Gasteiger partial charge on any atom is 0.341 e. The van der Waals surface area contributed by atoms with Gasteiger partial charge >= 0.3 is 5.97 Å². The van der Waals surface area contributed by atoms with E-state index in [1.54, 1.807) is 18.2 Å². The maximum absolute atomic E-state index is 12.1. The van der Waals surface area contributed by atoms with Gasteiger partial charge in [0.15, 0.2) is 6.10 Å². The van der Waals surface area contributed by atoms with Crippen molar-refractivity contribution < 1.29 is 19.2 Å². The quantitative estimate of drug-likeness (QED) is 0.372. The minimum atomic E-state index is -1.07. The molecule has 0 fully saturated rings. The van der Waals surface area contributed by atoms with Gasteiger partial charge in [-0.15, -0.1) is 0 Å². The summed E-state index contributed by atoms with van der Waals surface area (Å²) >= 11 is 0. The predicted molar refractivity (Wildman–Crippen MR) is 92.2 cm³/mol. The number of nitrogen functional groups attached to an aromatic ring is 1. The van der Waals surface area contributed by atoms with Gasteiger partial charge in [-0.3, -0.25) is 14.9 Å². The molecule has 130 valence electrons. The fraction of sp³-hybridized carbons (Fsp3) is 0.176. The first-order chi connectivity index (χ1) is 11.8. The molecule has 0 aliphatic carbocycles. The smallest absolute Gasteiger partial charge is 0.341 e. The lowest BCUT2D eigenvalue weighted by molar-refractivity contribution is -0.384. The molecule has 0 radical (unpaired) electrons. The fourth-order valence-electron chi connectivity index (χ4n) is 2.09. The number of aryl methyl sites for hydroxylation is 1. The van der Waals surface area contributed by atoms with Crippen LogP contribution in [-0.2, 0) is 9.53 Å². The predicted octanol–water partition coefficient (Wildman–Crippen LogP) is 2.67. The van der Waals surface area contributed by atoms with Crippen molar-refractivity contribution in [2.45, 2.75) is 20.0 Å². The zero-order valence-corrected chi connectivity index (χ0v) is 13.7. The van der Waals surface area contributed by atoms with Gasteiger partial charge in [0.05, 0.1) is 16.2 Å². The Kier molecular flexibility index (Phi) is 5.33. The third-order valence-electron chi connectivity index (χ3n) is 3.40. The molecule has 0 aromatic heterocycles. The monoisotopic (exact) mass is 343 g/mol. The molecule has 25 heavy (non-hydrogen) atoms. The van der Waals surface area contributed by atoms with E-state index in [2.05, 4.69) is 5.32 Å². The first kappa shape index (κ1) is 17.9. The number of nitro groups is 1. The Morgan fingerprint density at radius 2 is 1.96 bits per heavy atom. The van der Waals surface area contributed by atoms with Gasteiger partial charge < -0.3 is 15.8 Å². The summed E-state index contributed by atoms with van der Waals surface area (Å²) in [5.74, 6) is -1.33. The average molecular weight is 343 g/mol. The molecule has 0 aliphatic heterocycles. The van der Waals surface area contributed by atoms with Crippen LogP contribution < -0.4 is 11.1 Å². The molecule has 0 spiro atoms. The number of ether oxygens (including phenoxy) is 1. The Morgan fingerprint density at radius 3 is 2.56 bits per heavy atom. The van der Waals surface area contributed by atoms with E-state index in [4.69, 9.17) is 10.5 Å². The highest BCUT2D eigenvalue weighted by Crippen LogP contribution is 2.21. The van der Waals surface area contributed by atoms with E-state index in [-0.39, 0.29) is 16.9 Å². The molecular weight excluding hydrogens is 326 g/mol. The van der Waals surface area contributed by atoms with E-state index in [9.17, 15) is 19.7 Å². The number of rotatable bonds is 5. The molecule has 8 heteroatoms. The Hall–Kier alpha value is -3.42. The number of esters is 1. The molecule has 0 saturated heterocycles. The number of non-ortho nitro benzene ring substituents is 1. The van der Waals surface area contributed by atoms with Gasteiger partial charge in [0, 0.05) is 17.8 Å². The number of nitro benzene ring substituents is 1. The summed E-state index contributed by atoms with van der Waals surface area (Å²) in [6.07, 6.45) is -1.07. The lowest BCUT2D eigenvalue weighted by Gasteiger charge is -2.14. The second kappa shape index (κ2) is 7.43. The molecule has 0 bridgehead atoms. The van der Waals surface area contributed by atoms with Crippen LogP contribution in [0, 0.1) is 17.0 Å². The minimum Gasteiger partial charge on any atom is -0.449 e. The van der Waals surface area contributed by atoms with Crippen molar-refractivity contribution in [3.8, 4) is 0 Å². The number of benzene rings is 2. The van der Waals surface area contributed by atoms with Gasteiger partial charge in [-0.2, -0.15) is 0 Å². The molecule has 0 unspecified atom stereocenters. The molecular formula is C17H17N3O5. The van der Waals surface area contributed by atoms with Crippen LogP contribution in [0.3, 0.4) is 0 Å². The Morgan fingerprint density at radius 1 is 1.24 bits per heavy atom. The van der Waals surface area contributed by atoms with E-state index in [0.29, 0.717) is 5.69 Å². The Labute approximate surface area is 143 Å². The zero-order valence-electron chi connectivity index (χ0n) is 13.7. The van der Waals surface area contributed by atoms with Crippen LogP contribution >= 0.6 is 0 Å². The molecule has 1 atom stereocenters. The number of hydrogen-bond donors (Lipinski definition) is 2. The van der Waals surface area contributed by atoms with Gasteiger partial charge in [-0.25, -0.2) is 4.79 Å². The van der Waals surface area contributed by atoms with Crippen molar-refractivity contribution in [3.05, 3.63) is 63.7 Å². The number of nitrogens with zero attached hydrogens (tertiary/aromatic N) is 1. The summed E-state index contributed by atoms with van der Waals surface area (Å²) in [7, 11) is 0. The van der Waals surface area contributed by atoms with Crippen molar-refractivity contribution in [1.29, 1.82) is 0 Å². The molecule has 0 saturated carbocycles. The summed E-state index contributed by atoms with van der Waals surface area (Å²) in [5, 5.41) is 13.3. The number of nitrogens with one attached hydrogen (secondary N) is 1. The van der Waals surface area contributed by atoms with E-state index < -0.39 is 22.9 Å². The number of amides is 1. The third-order valence-corrected chi connectivity index (χ3v) is 3.40. The second-order valence-corrected chi connectivity index (χ2v) is 5.43. The van der Waals surface area contributed by atoms with Gasteiger partial charge in [-0.05, 0) is 37.6 Å². The molecule has 2 aromatic carbocycles. The van der Waals surface area contributed by atoms with E-state index in [1.807, 2.05) is 13.0 Å². The number of carbonyl (C=O) groups is 2. The highest BCUT2D eigenvalue weighted by Gasteiger charge is 2.21. The summed E-state index contributed by atoms with van der Waals surface area (Å²) in [6.45, 7) is 3.31. The van der Waals surface area contributed by atoms with Crippen molar-refractivity contribution >= 4 is 28.9 Å². The zero-order chi connectivity index (χ0) is 18.6. The van der Waals surface area contributed by atoms with E-state index >= 15 is 0 Å². The topological polar surface area (TPSA) is 125 Å². The molecule has 2 aromatic rings. The Bertz CT molecular complexity index is 835. The first-order valence-corrected chi connectivity index (χ1v) is 7.40. The second-order valence-electron chi connectivity index (χ2n) is 5.43. The molecule has 8 nitrogen and oxygen atoms in total. The van der Waals surface area contributed by atoms with Gasteiger partial charge in [0.25, 0.3) is 11.6 Å². The minimum absolute atomic E-state index is 0.0409. The van der Waals surface area contributed by atoms with Gasteiger partial charge in [0.2, 0.25) is 0 Å². The van der Waals surface area contributed by atoms with E-state index in [1.165, 1.54) is 13.0 Å². The summed E-state index contributed by atoms with van der Waals surface area (Å²) < 4.78 is 5.08. The van der Waals surface area contributed by atoms with Crippen LogP contribution in [0.5, 0.6) is 0 Å². The number of nitrogens with two attached hydrogens (primary N) is 1. The summed E-state index contributed by atoms with van der Waals surface area (Å²) in [4.78, 5) is 34.3. The lowest BCUT2D eigenvalue weighted by Crippen LogP contribution is -2.30. The van der Waals surface area contributed by atoms with E-state index in [0.717, 1.165) is 17.7 Å². The largest absolute Gasteiger partial charge is 0.449 e. The SMILES string of the molecule is Cc1cccc(NC(=O)[C@H](C)OC(=O)c2ccc([N+](=O)[O-])cc2N)c1. The molecule has 0 aliphatic rings. The van der Waals surface area contributed by atoms with Crippen molar-refractivity contribution in [1.82, 2.24) is 0 Å². The van der Waals surface area contributed by atoms with Crippen LogP contribution in [0.25, 0.3) is 0 Å². The fourth-order valence-corrected chi connectivity index (χ4v) is 2.09. The highest BCUT2D eigenvalue weighted by molar-refractivity contribution is 5.99. The van der Waals surface area contributed by atoms with Crippen LogP contribution in [0.15, 0.2) is 42.5 Å². The summed E-state index contributed by atoms with van der Waals surface area (Å²) in [6, 6.07) is 10.6. The first-order valence-electron chi connectivity index (χ1n) is 7.40. The number of carbonyl (C=O) groups excluding carboxylic acids is 2. The Balaban J connectivity index is 2.04. The van der Waals surface area contributed by atoms with Crippen molar-refractivity contribution in [2.75, 3.05) is 11.1 Å². The normalized spacial score (nSPS) is 11.4. The third kappa shape index (κ3) is 4.54. The standard InChI is InChI=1S/C17H17N3O5/c1-10-4-3-5-12(8-10)19-16(21)11(2)25-17(22)14-7-6-13(20(23)24)9-15(14)18/h3-9,11H,18H2,1-2H3,(H,19,21)/t11-/m0/s1. The van der Waals surface area contributed by atoms with Crippen LogP contribution in [-0.4, -0.2) is 22.9 Å².